The Kier molecular flexibility index (Phi) is 5.66. The van der Waals surface area contributed by atoms with Gasteiger partial charge in [-0.15, -0.1) is 0 Å². The van der Waals surface area contributed by atoms with Crippen LogP contribution in [0.25, 0.3) is 0 Å². The van der Waals surface area contributed by atoms with E-state index in [0.717, 1.165) is 16.9 Å². The maximum atomic E-state index is 11.7. The van der Waals surface area contributed by atoms with Gasteiger partial charge in [-0.05, 0) is 62.2 Å². The third-order valence-electron chi connectivity index (χ3n) is 3.99. The quantitative estimate of drug-likeness (QED) is 0.616. The van der Waals surface area contributed by atoms with Crippen LogP contribution >= 0.6 is 0 Å². The number of carbonyl (C=O) groups is 1. The van der Waals surface area contributed by atoms with Crippen molar-refractivity contribution in [3.8, 4) is 0 Å². The molecular formula is C21H22N4O2. The van der Waals surface area contributed by atoms with Gasteiger partial charge in [0.2, 0.25) is 0 Å². The zero-order chi connectivity index (χ0) is 19.2. The molecule has 6 heteroatoms. The van der Waals surface area contributed by atoms with Crippen molar-refractivity contribution < 1.29 is 9.53 Å². The van der Waals surface area contributed by atoms with Crippen LogP contribution in [-0.4, -0.2) is 22.5 Å². The molecule has 27 heavy (non-hydrogen) atoms. The summed E-state index contributed by atoms with van der Waals surface area (Å²) in [6.07, 6.45) is 1.50. The van der Waals surface area contributed by atoms with Gasteiger partial charge in [0.15, 0.2) is 0 Å². The molecule has 0 fully saturated rings. The molecule has 0 aliphatic heterocycles. The largest absolute Gasteiger partial charge is 0.462 e. The van der Waals surface area contributed by atoms with E-state index in [1.54, 1.807) is 19.1 Å². The lowest BCUT2D eigenvalue weighted by Crippen LogP contribution is -2.04. The van der Waals surface area contributed by atoms with Gasteiger partial charge in [-0.2, -0.15) is 0 Å². The fourth-order valence-corrected chi connectivity index (χ4v) is 2.55. The molecule has 0 bridgehead atoms. The average Bonchev–Trinajstić information content (AvgIpc) is 2.66. The fourth-order valence-electron chi connectivity index (χ4n) is 2.55. The molecule has 2 N–H and O–H groups in total. The highest BCUT2D eigenvalue weighted by atomic mass is 16.5. The number of aryl methyl sites for hydroxylation is 2. The number of hydrogen-bond acceptors (Lipinski definition) is 6. The Hall–Kier alpha value is -3.41. The van der Waals surface area contributed by atoms with E-state index < -0.39 is 0 Å². The minimum absolute atomic E-state index is 0.328. The molecule has 0 saturated carbocycles. The number of benzene rings is 2. The molecule has 6 nitrogen and oxygen atoms in total. The van der Waals surface area contributed by atoms with Crippen LogP contribution in [0.5, 0.6) is 0 Å². The second kappa shape index (κ2) is 8.31. The zero-order valence-electron chi connectivity index (χ0n) is 15.6. The van der Waals surface area contributed by atoms with E-state index in [-0.39, 0.29) is 5.97 Å². The van der Waals surface area contributed by atoms with E-state index in [0.29, 0.717) is 23.8 Å². The summed E-state index contributed by atoms with van der Waals surface area (Å²) in [5, 5.41) is 6.54. The number of aromatic nitrogens is 2. The second-order valence-corrected chi connectivity index (χ2v) is 6.15. The molecule has 1 aromatic heterocycles. The van der Waals surface area contributed by atoms with Crippen molar-refractivity contribution >= 4 is 29.0 Å². The summed E-state index contributed by atoms with van der Waals surface area (Å²) in [4.78, 5) is 20.2. The number of rotatable bonds is 6. The maximum absolute atomic E-state index is 11.7. The normalized spacial score (nSPS) is 10.3. The summed E-state index contributed by atoms with van der Waals surface area (Å²) >= 11 is 0. The van der Waals surface area contributed by atoms with E-state index >= 15 is 0 Å². The van der Waals surface area contributed by atoms with Crippen LogP contribution < -0.4 is 10.6 Å². The summed E-state index contributed by atoms with van der Waals surface area (Å²) in [5.41, 5.74) is 4.67. The first kappa shape index (κ1) is 18.4. The van der Waals surface area contributed by atoms with Gasteiger partial charge >= 0.3 is 5.97 Å². The highest BCUT2D eigenvalue weighted by Crippen LogP contribution is 2.23. The highest BCUT2D eigenvalue weighted by molar-refractivity contribution is 5.89. The van der Waals surface area contributed by atoms with Crippen molar-refractivity contribution in [3.63, 3.8) is 0 Å². The van der Waals surface area contributed by atoms with Crippen LogP contribution in [0.2, 0.25) is 0 Å². The highest BCUT2D eigenvalue weighted by Gasteiger charge is 2.07. The van der Waals surface area contributed by atoms with E-state index in [1.165, 1.54) is 11.9 Å². The molecule has 0 atom stereocenters. The number of nitrogens with zero attached hydrogens (tertiary/aromatic N) is 2. The van der Waals surface area contributed by atoms with Crippen LogP contribution in [0.1, 0.15) is 28.4 Å². The van der Waals surface area contributed by atoms with E-state index in [2.05, 4.69) is 45.7 Å². The van der Waals surface area contributed by atoms with Crippen molar-refractivity contribution in [2.45, 2.75) is 20.8 Å². The standard InChI is InChI=1S/C21H22N4O2/c1-4-27-21(26)16-7-9-17(10-8-16)24-19-12-20(23-13-22-19)25-18-11-14(2)5-6-15(18)3/h5-13H,4H2,1-3H3,(H2,22,23,24,25). The van der Waals surface area contributed by atoms with Crippen molar-refractivity contribution in [1.29, 1.82) is 0 Å². The van der Waals surface area contributed by atoms with E-state index in [1.807, 2.05) is 25.1 Å². The topological polar surface area (TPSA) is 76.1 Å². The van der Waals surface area contributed by atoms with Gasteiger partial charge in [-0.1, -0.05) is 12.1 Å². The molecule has 138 valence electrons. The van der Waals surface area contributed by atoms with Crippen LogP contribution in [0.3, 0.4) is 0 Å². The summed E-state index contributed by atoms with van der Waals surface area (Å²) in [5.74, 6) is 1.03. The summed E-state index contributed by atoms with van der Waals surface area (Å²) in [6, 6.07) is 15.1. The van der Waals surface area contributed by atoms with Crippen molar-refractivity contribution in [2.24, 2.45) is 0 Å². The van der Waals surface area contributed by atoms with Crippen molar-refractivity contribution in [2.75, 3.05) is 17.2 Å². The predicted octanol–water partition coefficient (Wildman–Crippen LogP) is 4.76. The van der Waals surface area contributed by atoms with Crippen molar-refractivity contribution in [1.82, 2.24) is 9.97 Å². The first-order chi connectivity index (χ1) is 13.0. The van der Waals surface area contributed by atoms with Gasteiger partial charge in [0, 0.05) is 17.4 Å². The number of hydrogen-bond donors (Lipinski definition) is 2. The number of anilines is 4. The number of ether oxygens (including phenoxy) is 1. The molecule has 0 amide bonds. The van der Waals surface area contributed by atoms with Gasteiger partial charge < -0.3 is 15.4 Å². The SMILES string of the molecule is CCOC(=O)c1ccc(Nc2cc(Nc3cc(C)ccc3C)ncn2)cc1. The van der Waals surface area contributed by atoms with Gasteiger partial charge in [-0.3, -0.25) is 0 Å². The summed E-state index contributed by atoms with van der Waals surface area (Å²) in [7, 11) is 0. The molecule has 0 aliphatic carbocycles. The predicted molar refractivity (Wildman–Crippen MR) is 107 cm³/mol. The molecule has 1 heterocycles. The third-order valence-corrected chi connectivity index (χ3v) is 3.99. The van der Waals surface area contributed by atoms with Crippen molar-refractivity contribution in [3.05, 3.63) is 71.5 Å². The average molecular weight is 362 g/mol. The molecule has 3 rings (SSSR count). The third kappa shape index (κ3) is 4.82. The lowest BCUT2D eigenvalue weighted by molar-refractivity contribution is 0.0526. The van der Waals surface area contributed by atoms with Crippen LogP contribution in [-0.2, 0) is 4.74 Å². The zero-order valence-corrected chi connectivity index (χ0v) is 15.6. The molecule has 0 spiro atoms. The number of esters is 1. The number of carbonyl (C=O) groups excluding carboxylic acids is 1. The Labute approximate surface area is 158 Å². The Bertz CT molecular complexity index is 939. The summed E-state index contributed by atoms with van der Waals surface area (Å²) in [6.45, 7) is 6.24. The van der Waals surface area contributed by atoms with Gasteiger partial charge in [0.25, 0.3) is 0 Å². The van der Waals surface area contributed by atoms with Crippen LogP contribution in [0.15, 0.2) is 54.9 Å². The van der Waals surface area contributed by atoms with Gasteiger partial charge in [-0.25, -0.2) is 14.8 Å². The smallest absolute Gasteiger partial charge is 0.338 e. The second-order valence-electron chi connectivity index (χ2n) is 6.15. The molecule has 3 aromatic rings. The molecule has 0 saturated heterocycles. The Balaban J connectivity index is 1.72. The molecule has 2 aromatic carbocycles. The van der Waals surface area contributed by atoms with E-state index in [9.17, 15) is 4.79 Å². The van der Waals surface area contributed by atoms with Crippen LogP contribution in [0.4, 0.5) is 23.0 Å². The van der Waals surface area contributed by atoms with Gasteiger partial charge in [0.1, 0.15) is 18.0 Å². The van der Waals surface area contributed by atoms with Crippen LogP contribution in [0, 0.1) is 13.8 Å². The molecule has 0 unspecified atom stereocenters. The fraction of sp³-hybridized carbons (Fsp3) is 0.190. The maximum Gasteiger partial charge on any atom is 0.338 e. The first-order valence-electron chi connectivity index (χ1n) is 8.75. The molecule has 0 radical (unpaired) electrons. The number of nitrogens with one attached hydrogen (secondary N) is 2. The molecular weight excluding hydrogens is 340 g/mol. The monoisotopic (exact) mass is 362 g/mol. The molecule has 0 aliphatic rings. The lowest BCUT2D eigenvalue weighted by Gasteiger charge is -2.11. The van der Waals surface area contributed by atoms with Gasteiger partial charge in [0.05, 0.1) is 12.2 Å². The lowest BCUT2D eigenvalue weighted by atomic mass is 10.1. The summed E-state index contributed by atoms with van der Waals surface area (Å²) < 4.78 is 4.99. The Morgan fingerprint density at radius 2 is 1.67 bits per heavy atom. The Morgan fingerprint density at radius 1 is 0.963 bits per heavy atom. The minimum Gasteiger partial charge on any atom is -0.462 e. The minimum atomic E-state index is -0.328. The van der Waals surface area contributed by atoms with E-state index in [4.69, 9.17) is 4.74 Å². The Morgan fingerprint density at radius 3 is 2.37 bits per heavy atom. The first-order valence-corrected chi connectivity index (χ1v) is 8.75.